The van der Waals surface area contributed by atoms with Crippen molar-refractivity contribution in [1.82, 2.24) is 4.90 Å². The molecule has 0 heterocycles. The summed E-state index contributed by atoms with van der Waals surface area (Å²) in [6.07, 6.45) is 6.80. The van der Waals surface area contributed by atoms with Gasteiger partial charge in [-0.1, -0.05) is 18.6 Å². The summed E-state index contributed by atoms with van der Waals surface area (Å²) >= 11 is 4.98. The van der Waals surface area contributed by atoms with E-state index in [1.165, 1.54) is 32.2 Å². The monoisotopic (exact) mass is 240 g/mol. The van der Waals surface area contributed by atoms with Crippen LogP contribution in [0.3, 0.4) is 0 Å². The van der Waals surface area contributed by atoms with Crippen molar-refractivity contribution in [1.29, 1.82) is 0 Å². The van der Waals surface area contributed by atoms with Crippen LogP contribution in [0.1, 0.15) is 39.0 Å². The summed E-state index contributed by atoms with van der Waals surface area (Å²) in [4.78, 5) is 3.09. The van der Waals surface area contributed by atoms with Crippen LogP contribution in [0.4, 0.5) is 0 Å². The van der Waals surface area contributed by atoms with Crippen molar-refractivity contribution < 1.29 is 0 Å². The van der Waals surface area contributed by atoms with E-state index in [2.05, 4.69) is 18.9 Å². The minimum absolute atomic E-state index is 0.497. The highest BCUT2D eigenvalue weighted by Gasteiger charge is 2.39. The molecule has 0 aromatic heterocycles. The van der Waals surface area contributed by atoms with Gasteiger partial charge in [0.25, 0.3) is 0 Å². The lowest BCUT2D eigenvalue weighted by molar-refractivity contribution is 0.184. The Morgan fingerprint density at radius 3 is 2.69 bits per heavy atom. The molecule has 16 heavy (non-hydrogen) atoms. The zero-order chi connectivity index (χ0) is 11.7. The maximum atomic E-state index is 5.60. The third-order valence-electron chi connectivity index (χ3n) is 4.66. The summed E-state index contributed by atoms with van der Waals surface area (Å²) in [6.45, 7) is 3.47. The van der Waals surface area contributed by atoms with Crippen LogP contribution in [0.5, 0.6) is 0 Å². The van der Waals surface area contributed by atoms with E-state index in [1.54, 1.807) is 0 Å². The quantitative estimate of drug-likeness (QED) is 0.748. The Morgan fingerprint density at radius 1 is 1.44 bits per heavy atom. The highest BCUT2D eigenvalue weighted by molar-refractivity contribution is 7.80. The molecule has 2 aliphatic carbocycles. The molecular weight excluding hydrogens is 216 g/mol. The third kappa shape index (κ3) is 2.75. The molecule has 0 spiro atoms. The van der Waals surface area contributed by atoms with Gasteiger partial charge in [0, 0.05) is 19.0 Å². The van der Waals surface area contributed by atoms with Crippen LogP contribution in [-0.4, -0.2) is 29.5 Å². The lowest BCUT2D eigenvalue weighted by Gasteiger charge is -2.31. The molecule has 2 saturated carbocycles. The fraction of sp³-hybridized carbons (Fsp3) is 0.923. The molecule has 2 bridgehead atoms. The second-order valence-electron chi connectivity index (χ2n) is 5.89. The van der Waals surface area contributed by atoms with Crippen molar-refractivity contribution in [2.45, 2.75) is 45.1 Å². The van der Waals surface area contributed by atoms with E-state index in [9.17, 15) is 0 Å². The van der Waals surface area contributed by atoms with E-state index in [0.717, 1.165) is 24.2 Å². The topological polar surface area (TPSA) is 29.3 Å². The Balaban J connectivity index is 1.78. The van der Waals surface area contributed by atoms with Gasteiger partial charge in [0.2, 0.25) is 0 Å². The van der Waals surface area contributed by atoms with E-state index in [-0.39, 0.29) is 0 Å². The zero-order valence-corrected chi connectivity index (χ0v) is 11.3. The van der Waals surface area contributed by atoms with Crippen molar-refractivity contribution in [3.05, 3.63) is 0 Å². The van der Waals surface area contributed by atoms with Gasteiger partial charge in [0.15, 0.2) is 0 Å². The Bertz CT molecular complexity index is 267. The van der Waals surface area contributed by atoms with E-state index >= 15 is 0 Å². The average molecular weight is 240 g/mol. The van der Waals surface area contributed by atoms with Gasteiger partial charge < -0.3 is 10.6 Å². The minimum atomic E-state index is 0.497. The van der Waals surface area contributed by atoms with Crippen LogP contribution in [0.15, 0.2) is 0 Å². The van der Waals surface area contributed by atoms with E-state index in [4.69, 9.17) is 18.0 Å². The molecule has 0 aromatic carbocycles. The van der Waals surface area contributed by atoms with Gasteiger partial charge in [-0.05, 0) is 51.0 Å². The summed E-state index contributed by atoms with van der Waals surface area (Å²) in [5.41, 5.74) is 5.60. The smallest absolute Gasteiger partial charge is 0.0742 e. The van der Waals surface area contributed by atoms with Crippen LogP contribution >= 0.6 is 12.2 Å². The summed E-state index contributed by atoms with van der Waals surface area (Å²) in [6, 6.07) is 0.497. The number of rotatable bonds is 5. The molecule has 3 heteroatoms. The standard InChI is InChI=1S/C13H24N2S/c1-9(5-13(14)16)15(2)8-12-7-10-3-4-11(12)6-10/h9-12H,3-8H2,1-2H3,(H2,14,16). The molecule has 2 aliphatic rings. The average Bonchev–Trinajstić information content (AvgIpc) is 2.77. The number of nitrogens with two attached hydrogens (primary N) is 1. The SMILES string of the molecule is CC(CC(N)=S)N(C)CC1CC2CCC1C2. The minimum Gasteiger partial charge on any atom is -0.393 e. The largest absolute Gasteiger partial charge is 0.393 e. The molecule has 2 rings (SSSR count). The lowest BCUT2D eigenvalue weighted by atomic mass is 9.88. The molecule has 2 nitrogen and oxygen atoms in total. The Labute approximate surface area is 105 Å². The first-order chi connectivity index (χ1) is 7.56. The van der Waals surface area contributed by atoms with Gasteiger partial charge >= 0.3 is 0 Å². The van der Waals surface area contributed by atoms with Gasteiger partial charge in [-0.15, -0.1) is 0 Å². The molecule has 0 radical (unpaired) electrons. The molecule has 0 amide bonds. The predicted molar refractivity (Wildman–Crippen MR) is 72.4 cm³/mol. The maximum absolute atomic E-state index is 5.60. The van der Waals surface area contributed by atoms with E-state index < -0.39 is 0 Å². The molecule has 4 atom stereocenters. The van der Waals surface area contributed by atoms with Gasteiger partial charge in [0.1, 0.15) is 0 Å². The number of nitrogens with zero attached hydrogens (tertiary/aromatic N) is 1. The van der Waals surface area contributed by atoms with Crippen LogP contribution in [0, 0.1) is 17.8 Å². The number of hydrogen-bond acceptors (Lipinski definition) is 2. The Hall–Kier alpha value is -0.150. The molecule has 2 N–H and O–H groups in total. The first-order valence-corrected chi connectivity index (χ1v) is 6.95. The highest BCUT2D eigenvalue weighted by Crippen LogP contribution is 2.48. The summed E-state index contributed by atoms with van der Waals surface area (Å²) in [5, 5.41) is 0. The second-order valence-corrected chi connectivity index (χ2v) is 6.42. The molecule has 2 fully saturated rings. The summed E-state index contributed by atoms with van der Waals surface area (Å²) < 4.78 is 0. The Kier molecular flexibility index (Phi) is 3.85. The summed E-state index contributed by atoms with van der Waals surface area (Å²) in [7, 11) is 2.22. The fourth-order valence-corrected chi connectivity index (χ4v) is 3.84. The second kappa shape index (κ2) is 5.01. The first kappa shape index (κ1) is 12.3. The van der Waals surface area contributed by atoms with Crippen molar-refractivity contribution in [2.24, 2.45) is 23.5 Å². The maximum Gasteiger partial charge on any atom is 0.0742 e. The van der Waals surface area contributed by atoms with Crippen LogP contribution in [0.2, 0.25) is 0 Å². The molecule has 0 aromatic rings. The van der Waals surface area contributed by atoms with Crippen molar-refractivity contribution in [2.75, 3.05) is 13.6 Å². The van der Waals surface area contributed by atoms with E-state index in [1.807, 2.05) is 0 Å². The molecule has 4 unspecified atom stereocenters. The van der Waals surface area contributed by atoms with Gasteiger partial charge in [0.05, 0.1) is 4.99 Å². The molecule has 92 valence electrons. The van der Waals surface area contributed by atoms with Crippen LogP contribution in [0.25, 0.3) is 0 Å². The lowest BCUT2D eigenvalue weighted by Crippen LogP contribution is -2.37. The fourth-order valence-electron chi connectivity index (χ4n) is 3.60. The Morgan fingerprint density at radius 2 is 2.19 bits per heavy atom. The van der Waals surface area contributed by atoms with Crippen LogP contribution < -0.4 is 5.73 Å². The molecule has 0 saturated heterocycles. The van der Waals surface area contributed by atoms with Gasteiger partial charge in [-0.2, -0.15) is 0 Å². The zero-order valence-electron chi connectivity index (χ0n) is 10.5. The number of fused-ring (bicyclic) bond motifs is 2. The van der Waals surface area contributed by atoms with E-state index in [0.29, 0.717) is 11.0 Å². The highest BCUT2D eigenvalue weighted by atomic mass is 32.1. The predicted octanol–water partition coefficient (Wildman–Crippen LogP) is 2.42. The van der Waals surface area contributed by atoms with Gasteiger partial charge in [-0.25, -0.2) is 0 Å². The van der Waals surface area contributed by atoms with Crippen LogP contribution in [-0.2, 0) is 0 Å². The number of hydrogen-bond donors (Lipinski definition) is 1. The van der Waals surface area contributed by atoms with Crippen molar-refractivity contribution >= 4 is 17.2 Å². The van der Waals surface area contributed by atoms with Crippen molar-refractivity contribution in [3.63, 3.8) is 0 Å². The molecular formula is C13H24N2S. The summed E-state index contributed by atoms with van der Waals surface area (Å²) in [5.74, 6) is 3.01. The first-order valence-electron chi connectivity index (χ1n) is 6.54. The third-order valence-corrected chi connectivity index (χ3v) is 4.82. The van der Waals surface area contributed by atoms with Crippen molar-refractivity contribution in [3.8, 4) is 0 Å². The molecule has 0 aliphatic heterocycles. The van der Waals surface area contributed by atoms with Gasteiger partial charge in [-0.3, -0.25) is 0 Å². The normalized spacial score (nSPS) is 34.6. The number of thiocarbonyl (C=S) groups is 1.